The number of hydrogen-bond donors (Lipinski definition) is 1. The summed E-state index contributed by atoms with van der Waals surface area (Å²) in [6.45, 7) is 2.07. The zero-order chi connectivity index (χ0) is 9.42. The van der Waals surface area contributed by atoms with Gasteiger partial charge in [0.25, 0.3) is 0 Å². The average Bonchev–Trinajstić information content (AvgIpc) is 2.77. The molecule has 1 saturated carbocycles. The first-order valence-electron chi connectivity index (χ1n) is 4.60. The first kappa shape index (κ1) is 9.69. The summed E-state index contributed by atoms with van der Waals surface area (Å²) >= 11 is 5.14. The summed E-state index contributed by atoms with van der Waals surface area (Å²) in [7, 11) is 0. The van der Waals surface area contributed by atoms with Gasteiger partial charge in [0.05, 0.1) is 9.89 Å². The van der Waals surface area contributed by atoms with E-state index in [4.69, 9.17) is 0 Å². The minimum absolute atomic E-state index is 0.241. The van der Waals surface area contributed by atoms with Crippen LogP contribution in [-0.2, 0) is 0 Å². The van der Waals surface area contributed by atoms with Gasteiger partial charge in [0.15, 0.2) is 0 Å². The molecule has 1 aromatic heterocycles. The fraction of sp³-hybridized carbons (Fsp3) is 0.600. The second-order valence-electron chi connectivity index (χ2n) is 3.76. The predicted molar refractivity (Wildman–Crippen MR) is 59.1 cm³/mol. The van der Waals surface area contributed by atoms with Gasteiger partial charge in [-0.1, -0.05) is 12.8 Å². The van der Waals surface area contributed by atoms with Crippen molar-refractivity contribution in [3.63, 3.8) is 0 Å². The monoisotopic (exact) mass is 260 g/mol. The molecule has 2 rings (SSSR count). The molecule has 1 aliphatic rings. The van der Waals surface area contributed by atoms with Crippen LogP contribution in [0.3, 0.4) is 0 Å². The average molecular weight is 261 g/mol. The van der Waals surface area contributed by atoms with E-state index in [1.165, 1.54) is 17.7 Å². The molecule has 0 saturated heterocycles. The van der Waals surface area contributed by atoms with Crippen molar-refractivity contribution < 1.29 is 5.11 Å². The Labute approximate surface area is 90.9 Å². The third-order valence-corrected chi connectivity index (χ3v) is 4.11. The Kier molecular flexibility index (Phi) is 2.77. The van der Waals surface area contributed by atoms with Gasteiger partial charge in [-0.25, -0.2) is 0 Å². The molecule has 1 N–H and O–H groups in total. The standard InChI is InChI=1S/C10H13BrOS/c1-6-8(5-10(11)13-6)9(12)4-7-2-3-7/h5,7,9,12H,2-4H2,1H3. The lowest BCUT2D eigenvalue weighted by Gasteiger charge is -2.08. The summed E-state index contributed by atoms with van der Waals surface area (Å²) in [4.78, 5) is 1.24. The van der Waals surface area contributed by atoms with Crippen molar-refractivity contribution in [3.8, 4) is 0 Å². The topological polar surface area (TPSA) is 20.2 Å². The maximum atomic E-state index is 9.91. The highest BCUT2D eigenvalue weighted by Crippen LogP contribution is 2.40. The zero-order valence-electron chi connectivity index (χ0n) is 7.59. The van der Waals surface area contributed by atoms with E-state index in [1.807, 2.05) is 6.07 Å². The lowest BCUT2D eigenvalue weighted by molar-refractivity contribution is 0.160. The molecular formula is C10H13BrOS. The SMILES string of the molecule is Cc1sc(Br)cc1C(O)CC1CC1. The van der Waals surface area contributed by atoms with Crippen LogP contribution in [0.5, 0.6) is 0 Å². The van der Waals surface area contributed by atoms with Crippen molar-refractivity contribution in [3.05, 3.63) is 20.3 Å². The van der Waals surface area contributed by atoms with Gasteiger partial charge in [0, 0.05) is 4.88 Å². The minimum atomic E-state index is -0.241. The quantitative estimate of drug-likeness (QED) is 0.880. The molecule has 0 aromatic carbocycles. The Bertz CT molecular complexity index is 304. The third-order valence-electron chi connectivity index (χ3n) is 2.54. The highest BCUT2D eigenvalue weighted by Gasteiger charge is 2.26. The van der Waals surface area contributed by atoms with E-state index < -0.39 is 0 Å². The van der Waals surface area contributed by atoms with Gasteiger partial charge in [-0.2, -0.15) is 0 Å². The Balaban J connectivity index is 2.08. The maximum absolute atomic E-state index is 9.91. The molecule has 1 aliphatic carbocycles. The number of aliphatic hydroxyl groups is 1. The summed E-state index contributed by atoms with van der Waals surface area (Å²) in [5.41, 5.74) is 1.11. The zero-order valence-corrected chi connectivity index (χ0v) is 9.99. The molecule has 0 amide bonds. The molecule has 1 unspecified atom stereocenters. The Morgan fingerprint density at radius 1 is 1.69 bits per heavy atom. The molecule has 0 bridgehead atoms. The van der Waals surface area contributed by atoms with Crippen LogP contribution in [0.4, 0.5) is 0 Å². The number of halogens is 1. The number of aryl methyl sites for hydroxylation is 1. The number of hydrogen-bond acceptors (Lipinski definition) is 2. The largest absolute Gasteiger partial charge is 0.388 e. The van der Waals surface area contributed by atoms with Crippen LogP contribution in [0.1, 0.15) is 35.8 Å². The molecule has 72 valence electrons. The van der Waals surface area contributed by atoms with Crippen LogP contribution in [0, 0.1) is 12.8 Å². The van der Waals surface area contributed by atoms with Crippen LogP contribution in [-0.4, -0.2) is 5.11 Å². The van der Waals surface area contributed by atoms with E-state index in [9.17, 15) is 5.11 Å². The summed E-state index contributed by atoms with van der Waals surface area (Å²) in [6, 6.07) is 2.05. The van der Waals surface area contributed by atoms with Gasteiger partial charge in [-0.05, 0) is 46.8 Å². The fourth-order valence-electron chi connectivity index (χ4n) is 1.59. The number of rotatable bonds is 3. The Morgan fingerprint density at radius 2 is 2.38 bits per heavy atom. The van der Waals surface area contributed by atoms with Crippen LogP contribution in [0.15, 0.2) is 9.85 Å². The van der Waals surface area contributed by atoms with E-state index in [1.54, 1.807) is 11.3 Å². The highest BCUT2D eigenvalue weighted by atomic mass is 79.9. The molecule has 1 fully saturated rings. The second-order valence-corrected chi connectivity index (χ2v) is 6.39. The van der Waals surface area contributed by atoms with E-state index >= 15 is 0 Å². The summed E-state index contributed by atoms with van der Waals surface area (Å²) in [5.74, 6) is 0.785. The van der Waals surface area contributed by atoms with Crippen LogP contribution in [0.2, 0.25) is 0 Å². The summed E-state index contributed by atoms with van der Waals surface area (Å²) in [5, 5.41) is 9.91. The lowest BCUT2D eigenvalue weighted by Crippen LogP contribution is -1.98. The van der Waals surface area contributed by atoms with Crippen molar-refractivity contribution in [2.75, 3.05) is 0 Å². The van der Waals surface area contributed by atoms with Gasteiger partial charge >= 0.3 is 0 Å². The van der Waals surface area contributed by atoms with Gasteiger partial charge in [0.2, 0.25) is 0 Å². The van der Waals surface area contributed by atoms with E-state index in [0.29, 0.717) is 0 Å². The first-order valence-corrected chi connectivity index (χ1v) is 6.21. The second kappa shape index (κ2) is 3.71. The van der Waals surface area contributed by atoms with Crippen molar-refractivity contribution in [1.29, 1.82) is 0 Å². The lowest BCUT2D eigenvalue weighted by atomic mass is 10.1. The van der Waals surface area contributed by atoms with Gasteiger partial charge in [-0.3, -0.25) is 0 Å². The van der Waals surface area contributed by atoms with Crippen LogP contribution in [0.25, 0.3) is 0 Å². The normalized spacial score (nSPS) is 19.0. The molecule has 1 aromatic rings. The molecule has 0 radical (unpaired) electrons. The van der Waals surface area contributed by atoms with E-state index in [-0.39, 0.29) is 6.10 Å². The molecule has 0 aliphatic heterocycles. The molecule has 1 atom stereocenters. The predicted octanol–water partition coefficient (Wildman–Crippen LogP) is 3.65. The highest BCUT2D eigenvalue weighted by molar-refractivity contribution is 9.11. The van der Waals surface area contributed by atoms with Crippen LogP contribution < -0.4 is 0 Å². The first-order chi connectivity index (χ1) is 6.16. The maximum Gasteiger partial charge on any atom is 0.0803 e. The van der Waals surface area contributed by atoms with E-state index in [2.05, 4.69) is 22.9 Å². The number of thiophene rings is 1. The third kappa shape index (κ3) is 2.33. The van der Waals surface area contributed by atoms with Crippen molar-refractivity contribution in [2.24, 2.45) is 5.92 Å². The van der Waals surface area contributed by atoms with Gasteiger partial charge in [0.1, 0.15) is 0 Å². The van der Waals surface area contributed by atoms with Crippen molar-refractivity contribution in [1.82, 2.24) is 0 Å². The molecule has 1 nitrogen and oxygen atoms in total. The molecule has 3 heteroatoms. The molecular weight excluding hydrogens is 248 g/mol. The van der Waals surface area contributed by atoms with Gasteiger partial charge in [-0.15, -0.1) is 11.3 Å². The molecule has 13 heavy (non-hydrogen) atoms. The fourth-order valence-corrected chi connectivity index (χ4v) is 3.35. The summed E-state index contributed by atoms with van der Waals surface area (Å²) in [6.07, 6.45) is 3.32. The van der Waals surface area contributed by atoms with E-state index in [0.717, 1.165) is 21.7 Å². The molecule has 1 heterocycles. The Morgan fingerprint density at radius 3 is 2.85 bits per heavy atom. The van der Waals surface area contributed by atoms with Crippen molar-refractivity contribution in [2.45, 2.75) is 32.3 Å². The smallest absolute Gasteiger partial charge is 0.0803 e. The number of aliphatic hydroxyl groups excluding tert-OH is 1. The Hall–Kier alpha value is 0.140. The molecule has 0 spiro atoms. The minimum Gasteiger partial charge on any atom is -0.388 e. The van der Waals surface area contributed by atoms with Gasteiger partial charge < -0.3 is 5.11 Å². The van der Waals surface area contributed by atoms with Crippen LogP contribution >= 0.6 is 27.3 Å². The van der Waals surface area contributed by atoms with Crippen molar-refractivity contribution >= 4 is 27.3 Å². The summed E-state index contributed by atoms with van der Waals surface area (Å²) < 4.78 is 1.12.